The number of aromatic nitrogens is 4. The third-order valence-corrected chi connectivity index (χ3v) is 3.50. The van der Waals surface area contributed by atoms with Gasteiger partial charge in [0.2, 0.25) is 0 Å². The van der Waals surface area contributed by atoms with E-state index < -0.39 is 0 Å². The number of nitrogen functional groups attached to an aromatic ring is 1. The molecule has 0 radical (unpaired) electrons. The Labute approximate surface area is 122 Å². The van der Waals surface area contributed by atoms with Crippen LogP contribution < -0.4 is 11.1 Å². The maximum Gasteiger partial charge on any atom is 0.182 e. The molecule has 0 amide bonds. The monoisotopic (exact) mass is 282 g/mol. The molecule has 108 valence electrons. The minimum atomic E-state index is 0.475. The summed E-state index contributed by atoms with van der Waals surface area (Å²) in [7, 11) is 0. The molecule has 3 aromatic rings. The van der Waals surface area contributed by atoms with Gasteiger partial charge in [0.1, 0.15) is 11.8 Å². The Kier molecular flexibility index (Phi) is 3.43. The minimum Gasteiger partial charge on any atom is -0.398 e. The summed E-state index contributed by atoms with van der Waals surface area (Å²) >= 11 is 0. The van der Waals surface area contributed by atoms with E-state index in [1.54, 1.807) is 6.33 Å². The zero-order valence-corrected chi connectivity index (χ0v) is 12.1. The average molecular weight is 282 g/mol. The highest BCUT2D eigenvalue weighted by Gasteiger charge is 2.08. The van der Waals surface area contributed by atoms with Gasteiger partial charge in [-0.15, -0.1) is 0 Å². The molecule has 0 bridgehead atoms. The molecule has 0 aliphatic carbocycles. The van der Waals surface area contributed by atoms with E-state index in [-0.39, 0.29) is 0 Å². The number of hydrogen-bond donors (Lipinski definition) is 3. The number of fused-ring (bicyclic) bond motifs is 1. The number of nitrogens with one attached hydrogen (secondary N) is 2. The first-order chi connectivity index (χ1) is 10.1. The lowest BCUT2D eigenvalue weighted by atomic mass is 10.00. The number of benzene rings is 1. The highest BCUT2D eigenvalue weighted by Crippen LogP contribution is 2.22. The molecule has 4 N–H and O–H groups in total. The van der Waals surface area contributed by atoms with Crippen molar-refractivity contribution in [1.29, 1.82) is 0 Å². The standard InChI is InChI=1S/C15H18N6/c1-9(2)10-3-4-12(16)11(5-10)6-17-14-13-15(19-7-18-13)21-8-20-14/h3-5,7-9H,6,16H2,1-2H3,(H2,17,18,19,20,21). The fraction of sp³-hybridized carbons (Fsp3) is 0.267. The lowest BCUT2D eigenvalue weighted by Crippen LogP contribution is -2.06. The van der Waals surface area contributed by atoms with Gasteiger partial charge in [-0.3, -0.25) is 0 Å². The van der Waals surface area contributed by atoms with Gasteiger partial charge in [-0.2, -0.15) is 0 Å². The maximum absolute atomic E-state index is 6.05. The third kappa shape index (κ3) is 2.65. The highest BCUT2D eigenvalue weighted by molar-refractivity contribution is 5.81. The van der Waals surface area contributed by atoms with Crippen molar-refractivity contribution < 1.29 is 0 Å². The molecule has 0 spiro atoms. The van der Waals surface area contributed by atoms with Crippen LogP contribution in [0.3, 0.4) is 0 Å². The molecule has 0 saturated carbocycles. The number of aromatic amines is 1. The second-order valence-electron chi connectivity index (χ2n) is 5.29. The van der Waals surface area contributed by atoms with Gasteiger partial charge in [-0.25, -0.2) is 15.0 Å². The summed E-state index contributed by atoms with van der Waals surface area (Å²) in [4.78, 5) is 15.5. The van der Waals surface area contributed by atoms with Crippen molar-refractivity contribution in [1.82, 2.24) is 19.9 Å². The lowest BCUT2D eigenvalue weighted by Gasteiger charge is -2.12. The van der Waals surface area contributed by atoms with Crippen LogP contribution >= 0.6 is 0 Å². The summed E-state index contributed by atoms with van der Waals surface area (Å²) in [6.07, 6.45) is 3.11. The Balaban J connectivity index is 1.84. The maximum atomic E-state index is 6.05. The first-order valence-electron chi connectivity index (χ1n) is 6.91. The van der Waals surface area contributed by atoms with E-state index in [4.69, 9.17) is 5.73 Å². The quantitative estimate of drug-likeness (QED) is 0.640. The van der Waals surface area contributed by atoms with E-state index >= 15 is 0 Å². The van der Waals surface area contributed by atoms with E-state index in [1.807, 2.05) is 6.07 Å². The number of H-pyrrole nitrogens is 1. The average Bonchev–Trinajstić information content (AvgIpc) is 2.95. The molecule has 0 unspecified atom stereocenters. The molecule has 0 aliphatic heterocycles. The number of nitrogens with two attached hydrogens (primary N) is 1. The third-order valence-electron chi connectivity index (χ3n) is 3.50. The van der Waals surface area contributed by atoms with Crippen LogP contribution in [0, 0.1) is 0 Å². The molecule has 2 heterocycles. The predicted octanol–water partition coefficient (Wildman–Crippen LogP) is 2.67. The summed E-state index contributed by atoms with van der Waals surface area (Å²) < 4.78 is 0. The highest BCUT2D eigenvalue weighted by atomic mass is 15.1. The fourth-order valence-electron chi connectivity index (χ4n) is 2.22. The van der Waals surface area contributed by atoms with Crippen molar-refractivity contribution in [3.05, 3.63) is 42.0 Å². The minimum absolute atomic E-state index is 0.475. The van der Waals surface area contributed by atoms with E-state index in [1.165, 1.54) is 11.9 Å². The largest absolute Gasteiger partial charge is 0.398 e. The number of nitrogens with zero attached hydrogens (tertiary/aromatic N) is 3. The van der Waals surface area contributed by atoms with E-state index in [0.717, 1.165) is 22.6 Å². The molecule has 0 atom stereocenters. The second kappa shape index (κ2) is 5.40. The summed E-state index contributed by atoms with van der Waals surface area (Å²) in [5, 5.41) is 3.29. The molecule has 0 saturated heterocycles. The van der Waals surface area contributed by atoms with Crippen LogP contribution in [0.1, 0.15) is 30.9 Å². The number of hydrogen-bond acceptors (Lipinski definition) is 5. The van der Waals surface area contributed by atoms with Crippen LogP contribution in [-0.2, 0) is 6.54 Å². The molecule has 2 aromatic heterocycles. The van der Waals surface area contributed by atoms with Gasteiger partial charge < -0.3 is 16.0 Å². The number of rotatable bonds is 4. The van der Waals surface area contributed by atoms with Crippen molar-refractivity contribution in [2.45, 2.75) is 26.3 Å². The number of anilines is 2. The van der Waals surface area contributed by atoms with Crippen LogP contribution in [0.2, 0.25) is 0 Å². The zero-order chi connectivity index (χ0) is 14.8. The van der Waals surface area contributed by atoms with Crippen LogP contribution in [-0.4, -0.2) is 19.9 Å². The molecular formula is C15H18N6. The van der Waals surface area contributed by atoms with E-state index in [9.17, 15) is 0 Å². The first kappa shape index (κ1) is 13.4. The summed E-state index contributed by atoms with van der Waals surface area (Å²) in [6.45, 7) is 4.94. The van der Waals surface area contributed by atoms with Crippen molar-refractivity contribution in [2.24, 2.45) is 0 Å². The van der Waals surface area contributed by atoms with Crippen molar-refractivity contribution >= 4 is 22.7 Å². The summed E-state index contributed by atoms with van der Waals surface area (Å²) in [5.41, 5.74) is 10.6. The van der Waals surface area contributed by atoms with Gasteiger partial charge in [0.25, 0.3) is 0 Å². The SMILES string of the molecule is CC(C)c1ccc(N)c(CNc2ncnc3nc[nH]c23)c1. The van der Waals surface area contributed by atoms with Gasteiger partial charge in [0.05, 0.1) is 6.33 Å². The fourth-order valence-corrected chi connectivity index (χ4v) is 2.22. The molecular weight excluding hydrogens is 264 g/mol. The van der Waals surface area contributed by atoms with Crippen LogP contribution in [0.25, 0.3) is 11.2 Å². The van der Waals surface area contributed by atoms with Crippen LogP contribution in [0.4, 0.5) is 11.5 Å². The predicted molar refractivity (Wildman–Crippen MR) is 84.0 cm³/mol. The lowest BCUT2D eigenvalue weighted by molar-refractivity contribution is 0.863. The second-order valence-corrected chi connectivity index (χ2v) is 5.29. The van der Waals surface area contributed by atoms with Crippen LogP contribution in [0.15, 0.2) is 30.9 Å². The topological polar surface area (TPSA) is 92.5 Å². The Morgan fingerprint density at radius 1 is 1.24 bits per heavy atom. The van der Waals surface area contributed by atoms with Gasteiger partial charge in [-0.05, 0) is 23.1 Å². The molecule has 3 rings (SSSR count). The van der Waals surface area contributed by atoms with Gasteiger partial charge >= 0.3 is 0 Å². The summed E-state index contributed by atoms with van der Waals surface area (Å²) in [6, 6.07) is 6.16. The van der Waals surface area contributed by atoms with Crippen molar-refractivity contribution in [2.75, 3.05) is 11.1 Å². The Bertz CT molecular complexity index is 762. The molecule has 6 nitrogen and oxygen atoms in total. The van der Waals surface area contributed by atoms with Gasteiger partial charge in [0.15, 0.2) is 11.5 Å². The smallest absolute Gasteiger partial charge is 0.182 e. The van der Waals surface area contributed by atoms with Crippen molar-refractivity contribution in [3.63, 3.8) is 0 Å². The zero-order valence-electron chi connectivity index (χ0n) is 12.1. The van der Waals surface area contributed by atoms with E-state index in [0.29, 0.717) is 18.1 Å². The number of imidazole rings is 1. The summed E-state index contributed by atoms with van der Waals surface area (Å²) in [5.74, 6) is 1.20. The van der Waals surface area contributed by atoms with Crippen molar-refractivity contribution in [3.8, 4) is 0 Å². The van der Waals surface area contributed by atoms with Gasteiger partial charge in [-0.1, -0.05) is 26.0 Å². The molecule has 0 fully saturated rings. The van der Waals surface area contributed by atoms with Gasteiger partial charge in [0, 0.05) is 12.2 Å². The Morgan fingerprint density at radius 3 is 2.90 bits per heavy atom. The molecule has 6 heteroatoms. The van der Waals surface area contributed by atoms with E-state index in [2.05, 4.69) is 51.2 Å². The normalized spacial score (nSPS) is 11.2. The first-order valence-corrected chi connectivity index (χ1v) is 6.91. The van der Waals surface area contributed by atoms with Crippen LogP contribution in [0.5, 0.6) is 0 Å². The Morgan fingerprint density at radius 2 is 2.10 bits per heavy atom. The molecule has 21 heavy (non-hydrogen) atoms. The Hall–Kier alpha value is -2.63. The molecule has 1 aromatic carbocycles. The molecule has 0 aliphatic rings.